The van der Waals surface area contributed by atoms with Gasteiger partial charge < -0.3 is 10.6 Å². The molecule has 0 saturated carbocycles. The Labute approximate surface area is 121 Å². The van der Waals surface area contributed by atoms with E-state index in [1.807, 2.05) is 0 Å². The second kappa shape index (κ2) is 5.92. The quantitative estimate of drug-likeness (QED) is 0.882. The van der Waals surface area contributed by atoms with E-state index in [0.29, 0.717) is 22.8 Å². The molecule has 3 nitrogen and oxygen atoms in total. The molecule has 0 fully saturated rings. The van der Waals surface area contributed by atoms with Crippen LogP contribution in [-0.4, -0.2) is 17.9 Å². The molecule has 1 amide bonds. The van der Waals surface area contributed by atoms with Crippen molar-refractivity contribution < 1.29 is 9.18 Å². The van der Waals surface area contributed by atoms with Gasteiger partial charge in [0, 0.05) is 19.2 Å². The van der Waals surface area contributed by atoms with Gasteiger partial charge in [0.1, 0.15) is 5.82 Å². The highest BCUT2D eigenvalue weighted by atomic mass is 35.5. The molecule has 2 aromatic rings. The van der Waals surface area contributed by atoms with Gasteiger partial charge in [-0.05, 0) is 35.9 Å². The van der Waals surface area contributed by atoms with E-state index >= 15 is 0 Å². The molecule has 2 aromatic carbocycles. The van der Waals surface area contributed by atoms with Crippen molar-refractivity contribution in [2.24, 2.45) is 0 Å². The molecule has 0 saturated heterocycles. The van der Waals surface area contributed by atoms with Crippen molar-refractivity contribution in [3.63, 3.8) is 0 Å². The lowest BCUT2D eigenvalue weighted by molar-refractivity contribution is 0.0785. The third-order valence-corrected chi connectivity index (χ3v) is 3.25. The van der Waals surface area contributed by atoms with Gasteiger partial charge in [-0.2, -0.15) is 0 Å². The van der Waals surface area contributed by atoms with Crippen molar-refractivity contribution in [3.05, 3.63) is 64.4 Å². The van der Waals surface area contributed by atoms with Crippen LogP contribution in [0.4, 0.5) is 10.1 Å². The maximum Gasteiger partial charge on any atom is 0.253 e. The van der Waals surface area contributed by atoms with E-state index < -0.39 is 0 Å². The minimum Gasteiger partial charge on any atom is -0.398 e. The lowest BCUT2D eigenvalue weighted by atomic mass is 10.1. The number of carbonyl (C=O) groups is 1. The van der Waals surface area contributed by atoms with Crippen LogP contribution in [0.25, 0.3) is 0 Å². The summed E-state index contributed by atoms with van der Waals surface area (Å²) in [7, 11) is 1.68. The van der Waals surface area contributed by atoms with E-state index in [4.69, 9.17) is 17.3 Å². The number of amides is 1. The van der Waals surface area contributed by atoms with Crippen LogP contribution in [0, 0.1) is 5.82 Å². The summed E-state index contributed by atoms with van der Waals surface area (Å²) in [6.45, 7) is 0.390. The number of nitrogens with zero attached hydrogens (tertiary/aromatic N) is 1. The summed E-state index contributed by atoms with van der Waals surface area (Å²) in [5.41, 5.74) is 7.36. The Kier molecular flexibility index (Phi) is 4.25. The summed E-state index contributed by atoms with van der Waals surface area (Å²) in [4.78, 5) is 13.8. The third kappa shape index (κ3) is 3.27. The largest absolute Gasteiger partial charge is 0.398 e. The average molecular weight is 293 g/mol. The van der Waals surface area contributed by atoms with Gasteiger partial charge in [-0.3, -0.25) is 4.79 Å². The molecule has 0 aliphatic heterocycles. The molecule has 0 aromatic heterocycles. The Morgan fingerprint density at radius 3 is 2.50 bits per heavy atom. The first-order chi connectivity index (χ1) is 9.47. The van der Waals surface area contributed by atoms with E-state index in [1.165, 1.54) is 17.0 Å². The summed E-state index contributed by atoms with van der Waals surface area (Å²) >= 11 is 5.90. The highest BCUT2D eigenvalue weighted by Gasteiger charge is 2.13. The topological polar surface area (TPSA) is 46.3 Å². The lowest BCUT2D eigenvalue weighted by Crippen LogP contribution is -2.26. The maximum atomic E-state index is 12.8. The average Bonchev–Trinajstić information content (AvgIpc) is 2.43. The Hall–Kier alpha value is -2.07. The number of benzene rings is 2. The zero-order chi connectivity index (χ0) is 14.7. The summed E-state index contributed by atoms with van der Waals surface area (Å²) in [6.07, 6.45) is 0. The zero-order valence-electron chi connectivity index (χ0n) is 10.9. The highest BCUT2D eigenvalue weighted by molar-refractivity contribution is 6.33. The van der Waals surface area contributed by atoms with Crippen LogP contribution in [0.3, 0.4) is 0 Å². The SMILES string of the molecule is CN(Cc1ccc(F)cc1)C(=O)c1ccc(N)c(Cl)c1. The molecule has 0 unspecified atom stereocenters. The molecule has 0 spiro atoms. The fourth-order valence-electron chi connectivity index (χ4n) is 1.82. The second-order valence-corrected chi connectivity index (χ2v) is 4.93. The fourth-order valence-corrected chi connectivity index (χ4v) is 2.00. The van der Waals surface area contributed by atoms with Gasteiger partial charge in [0.2, 0.25) is 0 Å². The van der Waals surface area contributed by atoms with Gasteiger partial charge in [-0.25, -0.2) is 4.39 Å². The minimum atomic E-state index is -0.298. The molecule has 0 atom stereocenters. The fraction of sp³-hybridized carbons (Fsp3) is 0.133. The van der Waals surface area contributed by atoms with Crippen molar-refractivity contribution >= 4 is 23.2 Å². The van der Waals surface area contributed by atoms with E-state index in [9.17, 15) is 9.18 Å². The number of rotatable bonds is 3. The van der Waals surface area contributed by atoms with Gasteiger partial charge in [-0.1, -0.05) is 23.7 Å². The molecule has 0 heterocycles. The van der Waals surface area contributed by atoms with Crippen molar-refractivity contribution in [2.45, 2.75) is 6.54 Å². The van der Waals surface area contributed by atoms with Crippen LogP contribution in [-0.2, 0) is 6.54 Å². The molecular weight excluding hydrogens is 279 g/mol. The van der Waals surface area contributed by atoms with Crippen LogP contribution in [0.5, 0.6) is 0 Å². The molecule has 0 aliphatic carbocycles. The van der Waals surface area contributed by atoms with Gasteiger partial charge >= 0.3 is 0 Å². The van der Waals surface area contributed by atoms with E-state index in [1.54, 1.807) is 37.4 Å². The van der Waals surface area contributed by atoms with E-state index in [-0.39, 0.29) is 11.7 Å². The summed E-state index contributed by atoms with van der Waals surface area (Å²) < 4.78 is 12.8. The Morgan fingerprint density at radius 2 is 1.90 bits per heavy atom. The van der Waals surface area contributed by atoms with Gasteiger partial charge in [0.15, 0.2) is 0 Å². The van der Waals surface area contributed by atoms with Gasteiger partial charge in [0.05, 0.1) is 10.7 Å². The Balaban J connectivity index is 2.11. The predicted molar refractivity (Wildman–Crippen MR) is 78.1 cm³/mol. The first kappa shape index (κ1) is 14.3. The molecule has 0 bridgehead atoms. The molecule has 2 N–H and O–H groups in total. The van der Waals surface area contributed by atoms with Gasteiger partial charge in [0.25, 0.3) is 5.91 Å². The minimum absolute atomic E-state index is 0.170. The van der Waals surface area contributed by atoms with E-state index in [0.717, 1.165) is 5.56 Å². The summed E-state index contributed by atoms with van der Waals surface area (Å²) in [6, 6.07) is 10.8. The van der Waals surface area contributed by atoms with Crippen LogP contribution in [0.2, 0.25) is 5.02 Å². The number of halogens is 2. The summed E-state index contributed by atoms with van der Waals surface area (Å²) in [5, 5.41) is 0.353. The first-order valence-electron chi connectivity index (χ1n) is 6.02. The standard InChI is InChI=1S/C15H14ClFN2O/c1-19(9-10-2-5-12(17)6-3-10)15(20)11-4-7-14(18)13(16)8-11/h2-8H,9,18H2,1H3. The molecular formula is C15H14ClFN2O. The van der Waals surface area contributed by atoms with Crippen molar-refractivity contribution in [1.29, 1.82) is 0 Å². The number of nitrogen functional groups attached to an aromatic ring is 1. The van der Waals surface area contributed by atoms with Crippen LogP contribution in [0.15, 0.2) is 42.5 Å². The number of nitrogens with two attached hydrogens (primary N) is 1. The van der Waals surface area contributed by atoms with Gasteiger partial charge in [-0.15, -0.1) is 0 Å². The van der Waals surface area contributed by atoms with Crippen LogP contribution >= 0.6 is 11.6 Å². The number of anilines is 1. The second-order valence-electron chi connectivity index (χ2n) is 4.52. The number of carbonyl (C=O) groups excluding carboxylic acids is 1. The van der Waals surface area contributed by atoms with Crippen LogP contribution < -0.4 is 5.73 Å². The van der Waals surface area contributed by atoms with E-state index in [2.05, 4.69) is 0 Å². The zero-order valence-corrected chi connectivity index (χ0v) is 11.7. The van der Waals surface area contributed by atoms with Crippen LogP contribution in [0.1, 0.15) is 15.9 Å². The molecule has 5 heteroatoms. The number of hydrogen-bond donors (Lipinski definition) is 1. The van der Waals surface area contributed by atoms with Crippen molar-refractivity contribution in [2.75, 3.05) is 12.8 Å². The Morgan fingerprint density at radius 1 is 1.25 bits per heavy atom. The monoisotopic (exact) mass is 292 g/mol. The maximum absolute atomic E-state index is 12.8. The van der Waals surface area contributed by atoms with Crippen molar-refractivity contribution in [1.82, 2.24) is 4.90 Å². The normalized spacial score (nSPS) is 10.3. The first-order valence-corrected chi connectivity index (χ1v) is 6.40. The smallest absolute Gasteiger partial charge is 0.253 e. The highest BCUT2D eigenvalue weighted by Crippen LogP contribution is 2.20. The Bertz CT molecular complexity index is 628. The predicted octanol–water partition coefficient (Wildman–Crippen LogP) is 3.33. The molecule has 104 valence electrons. The molecule has 0 aliphatic rings. The van der Waals surface area contributed by atoms with Crippen molar-refractivity contribution in [3.8, 4) is 0 Å². The third-order valence-electron chi connectivity index (χ3n) is 2.93. The lowest BCUT2D eigenvalue weighted by Gasteiger charge is -2.17. The summed E-state index contributed by atoms with van der Waals surface area (Å²) in [5.74, 6) is -0.468. The number of hydrogen-bond acceptors (Lipinski definition) is 2. The molecule has 0 radical (unpaired) electrons. The molecule has 20 heavy (non-hydrogen) atoms. The molecule has 2 rings (SSSR count).